The van der Waals surface area contributed by atoms with Crippen molar-refractivity contribution in [2.75, 3.05) is 20.3 Å². The van der Waals surface area contributed by atoms with E-state index in [9.17, 15) is 4.79 Å². The van der Waals surface area contributed by atoms with Gasteiger partial charge < -0.3 is 4.90 Å². The highest BCUT2D eigenvalue weighted by Gasteiger charge is 2.11. The minimum Gasteiger partial charge on any atom is -0.333 e. The van der Waals surface area contributed by atoms with Gasteiger partial charge in [-0.05, 0) is 0 Å². The Morgan fingerprint density at radius 1 is 1.75 bits per heavy atom. The zero-order valence-electron chi connectivity index (χ0n) is 4.98. The summed E-state index contributed by atoms with van der Waals surface area (Å²) in [6.07, 6.45) is 0.649. The van der Waals surface area contributed by atoms with E-state index in [1.54, 1.807) is 11.9 Å². The first kappa shape index (κ1) is 5.56. The predicted octanol–water partition coefficient (Wildman–Crippen LogP) is -0.604. The van der Waals surface area contributed by atoms with Crippen LogP contribution in [0.2, 0.25) is 0 Å². The Morgan fingerprint density at radius 3 is 2.88 bits per heavy atom. The van der Waals surface area contributed by atoms with Crippen LogP contribution >= 0.6 is 0 Å². The van der Waals surface area contributed by atoms with E-state index in [-0.39, 0.29) is 5.91 Å². The fourth-order valence-electron chi connectivity index (χ4n) is 0.721. The van der Waals surface area contributed by atoms with Crippen LogP contribution in [0.25, 0.3) is 0 Å². The zero-order valence-corrected chi connectivity index (χ0v) is 4.98. The maximum absolute atomic E-state index is 10.7. The summed E-state index contributed by atoms with van der Waals surface area (Å²) in [5.41, 5.74) is 0. The summed E-state index contributed by atoms with van der Waals surface area (Å²) in [4.78, 5) is 12.4. The molecule has 0 radical (unpaired) electrons. The van der Waals surface area contributed by atoms with E-state index >= 15 is 0 Å². The molecule has 1 saturated heterocycles. The number of nitrogens with one attached hydrogen (secondary N) is 1. The Morgan fingerprint density at radius 2 is 2.50 bits per heavy atom. The van der Waals surface area contributed by atoms with Gasteiger partial charge in [0.25, 0.3) is 0 Å². The van der Waals surface area contributed by atoms with Crippen molar-refractivity contribution in [2.24, 2.45) is 0 Å². The molecule has 3 heteroatoms. The lowest BCUT2D eigenvalue weighted by Crippen LogP contribution is -2.42. The number of rotatable bonds is 0. The van der Waals surface area contributed by atoms with E-state index in [0.717, 1.165) is 6.54 Å². The van der Waals surface area contributed by atoms with E-state index < -0.39 is 0 Å². The summed E-state index contributed by atoms with van der Waals surface area (Å²) in [6, 6.07) is 0. The average molecular weight is 114 g/mol. The summed E-state index contributed by atoms with van der Waals surface area (Å²) in [6.45, 7) is 1.54. The van der Waals surface area contributed by atoms with Gasteiger partial charge in [-0.15, -0.1) is 0 Å². The molecule has 1 N–H and O–H groups in total. The third-order valence-electron chi connectivity index (χ3n) is 1.29. The van der Waals surface area contributed by atoms with Crippen LogP contribution in [0.3, 0.4) is 0 Å². The Bertz CT molecular complexity index is 103. The second-order valence-corrected chi connectivity index (χ2v) is 2.00. The van der Waals surface area contributed by atoms with Gasteiger partial charge in [-0.1, -0.05) is 0 Å². The number of carbonyl (C=O) groups excluding carboxylic acids is 1. The van der Waals surface area contributed by atoms with Gasteiger partial charge in [0.05, 0.1) is 6.67 Å². The van der Waals surface area contributed by atoms with Crippen LogP contribution in [0.4, 0.5) is 0 Å². The number of hydrogen-bond donors (Lipinski definition) is 1. The topological polar surface area (TPSA) is 32.3 Å². The molecule has 0 aromatic carbocycles. The number of amides is 1. The third kappa shape index (κ3) is 0.980. The maximum Gasteiger partial charge on any atom is 0.224 e. The van der Waals surface area contributed by atoms with E-state index in [1.807, 2.05) is 0 Å². The standard InChI is InChI=1S/C5H10N2O/c1-7-4-6-3-2-5(7)8/h6H,2-4H2,1H3. The maximum atomic E-state index is 10.7. The lowest BCUT2D eigenvalue weighted by molar-refractivity contribution is -0.131. The van der Waals surface area contributed by atoms with Gasteiger partial charge in [0.15, 0.2) is 0 Å². The molecule has 1 rings (SSSR count). The largest absolute Gasteiger partial charge is 0.333 e. The molecule has 8 heavy (non-hydrogen) atoms. The Balaban J connectivity index is 2.39. The van der Waals surface area contributed by atoms with Gasteiger partial charge in [0.1, 0.15) is 0 Å². The Hall–Kier alpha value is -0.570. The van der Waals surface area contributed by atoms with E-state index in [0.29, 0.717) is 13.1 Å². The second-order valence-electron chi connectivity index (χ2n) is 2.00. The predicted molar refractivity (Wildman–Crippen MR) is 30.3 cm³/mol. The summed E-state index contributed by atoms with van der Waals surface area (Å²) in [5, 5.41) is 3.07. The first-order chi connectivity index (χ1) is 3.80. The molecule has 0 atom stereocenters. The SMILES string of the molecule is CN1CNCCC1=O. The molecule has 1 aliphatic rings. The Kier molecular flexibility index (Phi) is 1.48. The van der Waals surface area contributed by atoms with Gasteiger partial charge in [-0.3, -0.25) is 10.1 Å². The van der Waals surface area contributed by atoms with Gasteiger partial charge in [0, 0.05) is 20.0 Å². The molecule has 0 saturated carbocycles. The first-order valence-electron chi connectivity index (χ1n) is 2.75. The molecule has 0 aromatic rings. The third-order valence-corrected chi connectivity index (χ3v) is 1.29. The minimum absolute atomic E-state index is 0.240. The molecule has 0 unspecified atom stereocenters. The lowest BCUT2D eigenvalue weighted by Gasteiger charge is -2.22. The molecule has 46 valence electrons. The first-order valence-corrected chi connectivity index (χ1v) is 2.75. The highest BCUT2D eigenvalue weighted by atomic mass is 16.2. The minimum atomic E-state index is 0.240. The fraction of sp³-hybridized carbons (Fsp3) is 0.800. The second kappa shape index (κ2) is 2.13. The molecule has 0 aromatic heterocycles. The zero-order chi connectivity index (χ0) is 5.98. The molecule has 1 fully saturated rings. The van der Waals surface area contributed by atoms with Gasteiger partial charge in [-0.2, -0.15) is 0 Å². The van der Waals surface area contributed by atoms with Gasteiger partial charge in [-0.25, -0.2) is 0 Å². The highest BCUT2D eigenvalue weighted by molar-refractivity contribution is 5.76. The van der Waals surface area contributed by atoms with Crippen LogP contribution in [0, 0.1) is 0 Å². The van der Waals surface area contributed by atoms with Crippen molar-refractivity contribution in [2.45, 2.75) is 6.42 Å². The summed E-state index contributed by atoms with van der Waals surface area (Å²) in [5.74, 6) is 0.240. The van der Waals surface area contributed by atoms with Crippen LogP contribution in [0.5, 0.6) is 0 Å². The van der Waals surface area contributed by atoms with Crippen LogP contribution in [0.1, 0.15) is 6.42 Å². The van der Waals surface area contributed by atoms with Gasteiger partial charge >= 0.3 is 0 Å². The van der Waals surface area contributed by atoms with Crippen LogP contribution in [0.15, 0.2) is 0 Å². The molecular formula is C5H10N2O. The van der Waals surface area contributed by atoms with Crippen LogP contribution in [-0.4, -0.2) is 31.1 Å². The monoisotopic (exact) mass is 114 g/mol. The van der Waals surface area contributed by atoms with Crippen molar-refractivity contribution >= 4 is 5.91 Å². The molecule has 0 bridgehead atoms. The fourth-order valence-corrected chi connectivity index (χ4v) is 0.721. The number of hydrogen-bond acceptors (Lipinski definition) is 2. The lowest BCUT2D eigenvalue weighted by atomic mass is 10.3. The molecule has 1 aliphatic heterocycles. The molecule has 1 amide bonds. The molecule has 0 spiro atoms. The van der Waals surface area contributed by atoms with E-state index in [1.165, 1.54) is 0 Å². The number of nitrogens with zero attached hydrogens (tertiary/aromatic N) is 1. The summed E-state index contributed by atoms with van der Waals surface area (Å²) in [7, 11) is 1.80. The molecule has 0 aliphatic carbocycles. The Labute approximate surface area is 48.7 Å². The van der Waals surface area contributed by atoms with Crippen molar-refractivity contribution in [3.8, 4) is 0 Å². The average Bonchev–Trinajstić information content (AvgIpc) is 1.77. The normalized spacial score (nSPS) is 21.6. The van der Waals surface area contributed by atoms with Crippen molar-refractivity contribution in [1.82, 2.24) is 10.2 Å². The van der Waals surface area contributed by atoms with Crippen molar-refractivity contribution in [3.05, 3.63) is 0 Å². The van der Waals surface area contributed by atoms with E-state index in [2.05, 4.69) is 5.32 Å². The molecule has 3 nitrogen and oxygen atoms in total. The van der Waals surface area contributed by atoms with E-state index in [4.69, 9.17) is 0 Å². The summed E-state index contributed by atoms with van der Waals surface area (Å²) >= 11 is 0. The van der Waals surface area contributed by atoms with Crippen molar-refractivity contribution in [1.29, 1.82) is 0 Å². The number of carbonyl (C=O) groups is 1. The van der Waals surface area contributed by atoms with Crippen molar-refractivity contribution < 1.29 is 4.79 Å². The highest BCUT2D eigenvalue weighted by Crippen LogP contribution is 1.92. The quantitative estimate of drug-likeness (QED) is 0.456. The van der Waals surface area contributed by atoms with Crippen molar-refractivity contribution in [3.63, 3.8) is 0 Å². The van der Waals surface area contributed by atoms with Crippen LogP contribution in [-0.2, 0) is 4.79 Å². The van der Waals surface area contributed by atoms with Crippen LogP contribution < -0.4 is 5.32 Å². The molecule has 1 heterocycles. The smallest absolute Gasteiger partial charge is 0.224 e. The van der Waals surface area contributed by atoms with Gasteiger partial charge in [0.2, 0.25) is 5.91 Å². The molecular weight excluding hydrogens is 104 g/mol. The summed E-state index contributed by atoms with van der Waals surface area (Å²) < 4.78 is 0.